The van der Waals surface area contributed by atoms with E-state index < -0.39 is 11.9 Å². The minimum absolute atomic E-state index is 0.0706. The Balaban J connectivity index is 1.75. The Bertz CT molecular complexity index is 540. The average Bonchev–Trinajstić information content (AvgIpc) is 2.90. The van der Waals surface area contributed by atoms with Gasteiger partial charge < -0.3 is 10.0 Å². The summed E-state index contributed by atoms with van der Waals surface area (Å²) in [5.74, 6) is -1.14. The van der Waals surface area contributed by atoms with Crippen LogP contribution in [0.4, 0.5) is 0 Å². The number of aliphatic carboxylic acids is 1. The molecule has 4 nitrogen and oxygen atoms in total. The number of benzene rings is 1. The molecule has 0 spiro atoms. The van der Waals surface area contributed by atoms with E-state index in [4.69, 9.17) is 5.11 Å². The summed E-state index contributed by atoms with van der Waals surface area (Å²) in [4.78, 5) is 25.5. The van der Waals surface area contributed by atoms with Gasteiger partial charge in [0.05, 0.1) is 11.8 Å². The number of likely N-dealkylation sites (tertiary alicyclic amines) is 1. The van der Waals surface area contributed by atoms with Gasteiger partial charge in [-0.1, -0.05) is 24.3 Å². The van der Waals surface area contributed by atoms with Gasteiger partial charge in [0, 0.05) is 13.1 Å². The van der Waals surface area contributed by atoms with E-state index in [1.807, 2.05) is 18.2 Å². The summed E-state index contributed by atoms with van der Waals surface area (Å²) in [6, 6.07) is 8.09. The van der Waals surface area contributed by atoms with Crippen LogP contribution in [-0.2, 0) is 16.0 Å². The summed E-state index contributed by atoms with van der Waals surface area (Å²) in [5, 5.41) is 9.12. The lowest BCUT2D eigenvalue weighted by molar-refractivity contribution is -0.146. The van der Waals surface area contributed by atoms with Gasteiger partial charge in [-0.25, -0.2) is 0 Å². The molecule has 3 rings (SSSR count). The van der Waals surface area contributed by atoms with Crippen molar-refractivity contribution >= 4 is 11.9 Å². The van der Waals surface area contributed by atoms with Gasteiger partial charge in [0.15, 0.2) is 0 Å². The zero-order chi connectivity index (χ0) is 14.1. The van der Waals surface area contributed by atoms with Crippen molar-refractivity contribution in [2.45, 2.75) is 31.6 Å². The van der Waals surface area contributed by atoms with Gasteiger partial charge >= 0.3 is 5.97 Å². The first-order chi connectivity index (χ1) is 9.66. The quantitative estimate of drug-likeness (QED) is 0.897. The summed E-state index contributed by atoms with van der Waals surface area (Å²) in [5.41, 5.74) is 2.40. The number of hydrogen-bond donors (Lipinski definition) is 1. The summed E-state index contributed by atoms with van der Waals surface area (Å²) < 4.78 is 0. The van der Waals surface area contributed by atoms with E-state index in [1.165, 1.54) is 5.56 Å². The molecule has 1 aliphatic carbocycles. The lowest BCUT2D eigenvalue weighted by atomic mass is 9.94. The van der Waals surface area contributed by atoms with E-state index in [9.17, 15) is 9.59 Å². The maximum atomic E-state index is 12.7. The van der Waals surface area contributed by atoms with E-state index in [0.717, 1.165) is 24.8 Å². The lowest BCUT2D eigenvalue weighted by Crippen LogP contribution is -2.44. The van der Waals surface area contributed by atoms with Crippen molar-refractivity contribution in [1.29, 1.82) is 0 Å². The average molecular weight is 273 g/mol. The number of carbonyl (C=O) groups excluding carboxylic acids is 1. The van der Waals surface area contributed by atoms with Crippen LogP contribution in [0.2, 0.25) is 0 Å². The molecule has 1 unspecified atom stereocenters. The predicted molar refractivity (Wildman–Crippen MR) is 74.4 cm³/mol. The molecular formula is C16H19NO3. The largest absolute Gasteiger partial charge is 0.481 e. The van der Waals surface area contributed by atoms with Crippen molar-refractivity contribution in [2.24, 2.45) is 5.92 Å². The van der Waals surface area contributed by atoms with E-state index in [-0.39, 0.29) is 11.8 Å². The smallest absolute Gasteiger partial charge is 0.308 e. The topological polar surface area (TPSA) is 57.6 Å². The van der Waals surface area contributed by atoms with E-state index >= 15 is 0 Å². The number of aryl methyl sites for hydroxylation is 1. The fourth-order valence-corrected chi connectivity index (χ4v) is 3.41. The molecule has 20 heavy (non-hydrogen) atoms. The standard InChI is InChI=1S/C16H19NO3/c18-15(17-9-3-5-12(10-17)16(19)20)14-8-7-11-4-1-2-6-13(11)14/h1-2,4,6,12,14H,3,5,7-10H2,(H,19,20)/t12-,14?/m0/s1. The first-order valence-electron chi connectivity index (χ1n) is 7.26. The van der Waals surface area contributed by atoms with Crippen molar-refractivity contribution < 1.29 is 14.7 Å². The van der Waals surface area contributed by atoms with Gasteiger partial charge in [-0.2, -0.15) is 0 Å². The molecule has 1 heterocycles. The first kappa shape index (κ1) is 13.2. The van der Waals surface area contributed by atoms with Crippen LogP contribution >= 0.6 is 0 Å². The highest BCUT2D eigenvalue weighted by atomic mass is 16.4. The number of amides is 1. The summed E-state index contributed by atoms with van der Waals surface area (Å²) in [6.07, 6.45) is 3.27. The Morgan fingerprint density at radius 3 is 2.80 bits per heavy atom. The fourth-order valence-electron chi connectivity index (χ4n) is 3.41. The van der Waals surface area contributed by atoms with Crippen molar-refractivity contribution in [3.05, 3.63) is 35.4 Å². The minimum atomic E-state index is -0.783. The zero-order valence-electron chi connectivity index (χ0n) is 11.4. The molecule has 0 radical (unpaired) electrons. The molecule has 2 aliphatic rings. The van der Waals surface area contributed by atoms with Crippen LogP contribution in [0.25, 0.3) is 0 Å². The minimum Gasteiger partial charge on any atom is -0.481 e. The Kier molecular flexibility index (Phi) is 3.47. The number of carboxylic acids is 1. The van der Waals surface area contributed by atoms with E-state index in [0.29, 0.717) is 19.5 Å². The van der Waals surface area contributed by atoms with Gasteiger partial charge in [-0.15, -0.1) is 0 Å². The second-order valence-corrected chi connectivity index (χ2v) is 5.75. The number of hydrogen-bond acceptors (Lipinski definition) is 2. The van der Waals surface area contributed by atoms with Crippen LogP contribution in [-0.4, -0.2) is 35.0 Å². The van der Waals surface area contributed by atoms with Crippen molar-refractivity contribution in [1.82, 2.24) is 4.90 Å². The molecular weight excluding hydrogens is 254 g/mol. The number of carboxylic acid groups (broad SMARTS) is 1. The Labute approximate surface area is 118 Å². The van der Waals surface area contributed by atoms with Crippen molar-refractivity contribution in [3.8, 4) is 0 Å². The number of nitrogens with zero attached hydrogens (tertiary/aromatic N) is 1. The monoisotopic (exact) mass is 273 g/mol. The molecule has 106 valence electrons. The predicted octanol–water partition coefficient (Wildman–Crippen LogP) is 2.04. The van der Waals surface area contributed by atoms with Gasteiger partial charge in [-0.3, -0.25) is 9.59 Å². The van der Waals surface area contributed by atoms with E-state index in [1.54, 1.807) is 4.90 Å². The van der Waals surface area contributed by atoms with Crippen molar-refractivity contribution in [2.75, 3.05) is 13.1 Å². The van der Waals surface area contributed by atoms with Gasteiger partial charge in [0.2, 0.25) is 5.91 Å². The van der Waals surface area contributed by atoms with Gasteiger partial charge in [-0.05, 0) is 36.8 Å². The Morgan fingerprint density at radius 2 is 2.00 bits per heavy atom. The molecule has 0 bridgehead atoms. The molecule has 0 aromatic heterocycles. The number of carbonyl (C=O) groups is 2. The van der Waals surface area contributed by atoms with Crippen LogP contribution in [0, 0.1) is 5.92 Å². The highest BCUT2D eigenvalue weighted by molar-refractivity contribution is 5.85. The summed E-state index contributed by atoms with van der Waals surface area (Å²) in [6.45, 7) is 1.06. The second kappa shape index (κ2) is 5.27. The highest BCUT2D eigenvalue weighted by Gasteiger charge is 2.35. The molecule has 1 fully saturated rings. The number of fused-ring (bicyclic) bond motifs is 1. The lowest BCUT2D eigenvalue weighted by Gasteiger charge is -2.32. The third-order valence-corrected chi connectivity index (χ3v) is 4.51. The summed E-state index contributed by atoms with van der Waals surface area (Å²) >= 11 is 0. The third kappa shape index (κ3) is 2.30. The van der Waals surface area contributed by atoms with Crippen LogP contribution < -0.4 is 0 Å². The molecule has 1 N–H and O–H groups in total. The first-order valence-corrected chi connectivity index (χ1v) is 7.26. The van der Waals surface area contributed by atoms with Crippen LogP contribution in [0.15, 0.2) is 24.3 Å². The molecule has 1 aromatic rings. The van der Waals surface area contributed by atoms with Crippen molar-refractivity contribution in [3.63, 3.8) is 0 Å². The molecule has 2 atom stereocenters. The maximum Gasteiger partial charge on any atom is 0.308 e. The molecule has 1 aromatic carbocycles. The Hall–Kier alpha value is -1.84. The molecule has 4 heteroatoms. The molecule has 1 aliphatic heterocycles. The van der Waals surface area contributed by atoms with Crippen LogP contribution in [0.3, 0.4) is 0 Å². The van der Waals surface area contributed by atoms with Gasteiger partial charge in [0.1, 0.15) is 0 Å². The normalized spacial score (nSPS) is 25.3. The zero-order valence-corrected chi connectivity index (χ0v) is 11.4. The van der Waals surface area contributed by atoms with Crippen LogP contribution in [0.1, 0.15) is 36.3 Å². The fraction of sp³-hybridized carbons (Fsp3) is 0.500. The molecule has 1 amide bonds. The number of rotatable bonds is 2. The molecule has 1 saturated heterocycles. The second-order valence-electron chi connectivity index (χ2n) is 5.75. The number of piperidine rings is 1. The SMILES string of the molecule is O=C(O)[C@H]1CCCN(C(=O)C2CCc3ccccc32)C1. The highest BCUT2D eigenvalue weighted by Crippen LogP contribution is 2.35. The third-order valence-electron chi connectivity index (χ3n) is 4.51. The van der Waals surface area contributed by atoms with Gasteiger partial charge in [0.25, 0.3) is 0 Å². The van der Waals surface area contributed by atoms with E-state index in [2.05, 4.69) is 6.07 Å². The van der Waals surface area contributed by atoms with Crippen LogP contribution in [0.5, 0.6) is 0 Å². The Morgan fingerprint density at radius 1 is 1.20 bits per heavy atom. The summed E-state index contributed by atoms with van der Waals surface area (Å²) in [7, 11) is 0. The molecule has 0 saturated carbocycles. The maximum absolute atomic E-state index is 12.7.